The van der Waals surface area contributed by atoms with E-state index in [0.29, 0.717) is 12.8 Å². The molecule has 0 bridgehead atoms. The summed E-state index contributed by atoms with van der Waals surface area (Å²) in [6, 6.07) is 2.77. The molecule has 1 aromatic carbocycles. The maximum Gasteiger partial charge on any atom is 0.416 e. The highest BCUT2D eigenvalue weighted by Gasteiger charge is 2.35. The predicted molar refractivity (Wildman–Crippen MR) is 76.3 cm³/mol. The summed E-state index contributed by atoms with van der Waals surface area (Å²) in [5.41, 5.74) is -0.665. The van der Waals surface area contributed by atoms with Crippen LogP contribution in [0.15, 0.2) is 18.2 Å². The van der Waals surface area contributed by atoms with Gasteiger partial charge in [-0.25, -0.2) is 8.42 Å². The van der Waals surface area contributed by atoms with Crippen molar-refractivity contribution < 1.29 is 21.6 Å². The Morgan fingerprint density at radius 3 is 2.48 bits per heavy atom. The highest BCUT2D eigenvalue weighted by Crippen LogP contribution is 2.35. The highest BCUT2D eigenvalue weighted by molar-refractivity contribution is 7.91. The molecule has 3 nitrogen and oxygen atoms in total. The van der Waals surface area contributed by atoms with E-state index in [-0.39, 0.29) is 16.8 Å². The molecule has 0 saturated heterocycles. The molecule has 0 aliphatic heterocycles. The number of halogens is 4. The van der Waals surface area contributed by atoms with Crippen LogP contribution in [0, 0.1) is 0 Å². The van der Waals surface area contributed by atoms with Gasteiger partial charge in [0.05, 0.1) is 10.8 Å². The highest BCUT2D eigenvalue weighted by atomic mass is 35.5. The smallest absolute Gasteiger partial charge is 0.381 e. The zero-order chi connectivity index (χ0) is 15.8. The summed E-state index contributed by atoms with van der Waals surface area (Å²) < 4.78 is 61.6. The average molecular weight is 342 g/mol. The van der Waals surface area contributed by atoms with Crippen LogP contribution in [0.5, 0.6) is 0 Å². The third-order valence-corrected chi connectivity index (χ3v) is 5.46. The van der Waals surface area contributed by atoms with Gasteiger partial charge in [-0.05, 0) is 37.5 Å². The molecule has 21 heavy (non-hydrogen) atoms. The maximum absolute atomic E-state index is 12.7. The number of hydrogen-bond acceptors (Lipinski definition) is 3. The normalized spacial score (nSPS) is 23.3. The van der Waals surface area contributed by atoms with Crippen molar-refractivity contribution in [2.24, 2.45) is 0 Å². The van der Waals surface area contributed by atoms with Gasteiger partial charge >= 0.3 is 6.18 Å². The molecule has 2 unspecified atom stereocenters. The second-order valence-electron chi connectivity index (χ2n) is 5.28. The molecule has 1 fully saturated rings. The van der Waals surface area contributed by atoms with E-state index in [1.807, 2.05) is 0 Å². The number of benzene rings is 1. The molecule has 0 aromatic heterocycles. The van der Waals surface area contributed by atoms with Crippen LogP contribution in [0.1, 0.15) is 24.8 Å². The van der Waals surface area contributed by atoms with Crippen molar-refractivity contribution in [2.45, 2.75) is 36.7 Å². The molecule has 1 aliphatic rings. The fraction of sp³-hybridized carbons (Fsp3) is 0.538. The predicted octanol–water partition coefficient (Wildman–Crippen LogP) is 3.74. The Hall–Kier alpha value is -0.950. The van der Waals surface area contributed by atoms with E-state index in [1.165, 1.54) is 6.07 Å². The molecule has 1 saturated carbocycles. The van der Waals surface area contributed by atoms with Gasteiger partial charge in [-0.2, -0.15) is 13.2 Å². The van der Waals surface area contributed by atoms with E-state index >= 15 is 0 Å². The topological polar surface area (TPSA) is 46.2 Å². The minimum absolute atomic E-state index is 0.0405. The Balaban J connectivity index is 2.26. The minimum atomic E-state index is -4.49. The number of hydrogen-bond donors (Lipinski definition) is 1. The molecule has 2 atom stereocenters. The van der Waals surface area contributed by atoms with Crippen molar-refractivity contribution >= 4 is 27.1 Å². The molecule has 2 rings (SSSR count). The Morgan fingerprint density at radius 2 is 1.90 bits per heavy atom. The summed E-state index contributed by atoms with van der Waals surface area (Å²) in [5.74, 6) is 0. The first-order chi connectivity index (χ1) is 9.57. The molecule has 0 heterocycles. The van der Waals surface area contributed by atoms with Gasteiger partial charge in [-0.15, -0.1) is 0 Å². The van der Waals surface area contributed by atoms with Crippen LogP contribution in [-0.4, -0.2) is 26.0 Å². The lowest BCUT2D eigenvalue weighted by Crippen LogP contribution is -2.34. The van der Waals surface area contributed by atoms with Crippen molar-refractivity contribution in [1.82, 2.24) is 0 Å². The molecule has 0 amide bonds. The first-order valence-electron chi connectivity index (χ1n) is 6.40. The molecule has 0 radical (unpaired) electrons. The Morgan fingerprint density at radius 1 is 1.24 bits per heavy atom. The summed E-state index contributed by atoms with van der Waals surface area (Å²) in [7, 11) is -3.24. The molecule has 1 N–H and O–H groups in total. The number of alkyl halides is 3. The van der Waals surface area contributed by atoms with Crippen molar-refractivity contribution in [3.8, 4) is 0 Å². The standard InChI is InChI=1S/C13H15ClF3NO2S/c1-21(19,20)12-4-2-3-11(12)18-10-6-8(13(15,16)17)5-9(14)7-10/h5-7,11-12,18H,2-4H2,1H3. The lowest BCUT2D eigenvalue weighted by atomic mass is 10.1. The van der Waals surface area contributed by atoms with Crippen molar-refractivity contribution in [2.75, 3.05) is 11.6 Å². The SMILES string of the molecule is CS(=O)(=O)C1CCCC1Nc1cc(Cl)cc(C(F)(F)F)c1. The van der Waals surface area contributed by atoms with Crippen LogP contribution in [0.4, 0.5) is 18.9 Å². The van der Waals surface area contributed by atoms with Crippen LogP contribution in [0.25, 0.3) is 0 Å². The van der Waals surface area contributed by atoms with E-state index < -0.39 is 26.8 Å². The maximum atomic E-state index is 12.7. The van der Waals surface area contributed by atoms with Crippen LogP contribution in [0.2, 0.25) is 5.02 Å². The second-order valence-corrected chi connectivity index (χ2v) is 7.98. The first kappa shape index (κ1) is 16.4. The van der Waals surface area contributed by atoms with Gasteiger partial charge in [0.1, 0.15) is 0 Å². The third kappa shape index (κ3) is 4.03. The van der Waals surface area contributed by atoms with Gasteiger partial charge in [-0.1, -0.05) is 11.6 Å². The van der Waals surface area contributed by atoms with Crippen LogP contribution in [0.3, 0.4) is 0 Å². The van der Waals surface area contributed by atoms with Crippen molar-refractivity contribution in [3.63, 3.8) is 0 Å². The molecule has 1 aliphatic carbocycles. The third-order valence-electron chi connectivity index (χ3n) is 3.58. The summed E-state index contributed by atoms with van der Waals surface area (Å²) in [6.07, 6.45) is -1.50. The lowest BCUT2D eigenvalue weighted by molar-refractivity contribution is -0.137. The molecular formula is C13H15ClF3NO2S. The molecule has 8 heteroatoms. The fourth-order valence-corrected chi connectivity index (χ4v) is 4.29. The second kappa shape index (κ2) is 5.68. The Labute approximate surface area is 126 Å². The Kier molecular flexibility index (Phi) is 4.44. The van der Waals surface area contributed by atoms with E-state index in [0.717, 1.165) is 24.8 Å². The summed E-state index contributed by atoms with van der Waals surface area (Å²) in [6.45, 7) is 0. The zero-order valence-electron chi connectivity index (χ0n) is 11.2. The zero-order valence-corrected chi connectivity index (χ0v) is 12.8. The number of nitrogens with one attached hydrogen (secondary N) is 1. The van der Waals surface area contributed by atoms with E-state index in [9.17, 15) is 21.6 Å². The molecule has 0 spiro atoms. The van der Waals surface area contributed by atoms with Crippen LogP contribution < -0.4 is 5.32 Å². The largest absolute Gasteiger partial charge is 0.416 e. The van der Waals surface area contributed by atoms with Gasteiger partial charge in [0.15, 0.2) is 9.84 Å². The summed E-state index contributed by atoms with van der Waals surface area (Å²) in [4.78, 5) is 0. The van der Waals surface area contributed by atoms with Crippen LogP contribution in [-0.2, 0) is 16.0 Å². The summed E-state index contributed by atoms with van der Waals surface area (Å²) in [5, 5.41) is 2.27. The average Bonchev–Trinajstić information content (AvgIpc) is 2.74. The fourth-order valence-electron chi connectivity index (χ4n) is 2.65. The summed E-state index contributed by atoms with van der Waals surface area (Å²) >= 11 is 5.71. The van der Waals surface area contributed by atoms with Crippen molar-refractivity contribution in [1.29, 1.82) is 0 Å². The van der Waals surface area contributed by atoms with Gasteiger partial charge in [0.2, 0.25) is 0 Å². The van der Waals surface area contributed by atoms with Gasteiger partial charge in [0, 0.05) is 23.0 Å². The Bertz CT molecular complexity index is 631. The minimum Gasteiger partial charge on any atom is -0.381 e. The van der Waals surface area contributed by atoms with Gasteiger partial charge in [-0.3, -0.25) is 0 Å². The number of anilines is 1. The van der Waals surface area contributed by atoms with Crippen molar-refractivity contribution in [3.05, 3.63) is 28.8 Å². The quantitative estimate of drug-likeness (QED) is 0.911. The molecule has 118 valence electrons. The number of rotatable bonds is 3. The molecular weight excluding hydrogens is 327 g/mol. The van der Waals surface area contributed by atoms with E-state index in [2.05, 4.69) is 5.32 Å². The first-order valence-corrected chi connectivity index (χ1v) is 8.74. The number of sulfone groups is 1. The van der Waals surface area contributed by atoms with E-state index in [4.69, 9.17) is 11.6 Å². The van der Waals surface area contributed by atoms with E-state index in [1.54, 1.807) is 0 Å². The van der Waals surface area contributed by atoms with Gasteiger partial charge in [0.25, 0.3) is 0 Å². The lowest BCUT2D eigenvalue weighted by Gasteiger charge is -2.21. The monoisotopic (exact) mass is 341 g/mol. The van der Waals surface area contributed by atoms with Crippen LogP contribution >= 0.6 is 11.6 Å². The van der Waals surface area contributed by atoms with Gasteiger partial charge < -0.3 is 5.32 Å². The molecule has 1 aromatic rings.